The molecule has 1 unspecified atom stereocenters. The van der Waals surface area contributed by atoms with Gasteiger partial charge in [-0.15, -0.1) is 0 Å². The van der Waals surface area contributed by atoms with Crippen molar-refractivity contribution in [2.75, 3.05) is 4.72 Å². The van der Waals surface area contributed by atoms with Crippen LogP contribution < -0.4 is 4.72 Å². The van der Waals surface area contributed by atoms with Gasteiger partial charge in [0.25, 0.3) is 10.0 Å². The van der Waals surface area contributed by atoms with Crippen LogP contribution >= 0.6 is 0 Å². The van der Waals surface area contributed by atoms with Crippen LogP contribution in [-0.2, 0) is 17.1 Å². The number of nitrogens with zero attached hydrogens (tertiary/aromatic N) is 2. The minimum Gasteiger partial charge on any atom is -0.389 e. The van der Waals surface area contributed by atoms with E-state index >= 15 is 0 Å². The van der Waals surface area contributed by atoms with Crippen LogP contribution in [0.4, 0.5) is 5.69 Å². The summed E-state index contributed by atoms with van der Waals surface area (Å²) in [6.45, 7) is 1.62. The van der Waals surface area contributed by atoms with Gasteiger partial charge >= 0.3 is 0 Å². The molecule has 1 aromatic heterocycles. The highest BCUT2D eigenvalue weighted by atomic mass is 32.2. The number of hydrogen-bond acceptors (Lipinski definition) is 4. The largest absolute Gasteiger partial charge is 0.389 e. The molecule has 2 rings (SSSR count). The topological polar surface area (TPSA) is 84.2 Å². The molecular formula is C12H15N3O3S. The summed E-state index contributed by atoms with van der Waals surface area (Å²) in [6, 6.07) is 8.05. The smallest absolute Gasteiger partial charge is 0.279 e. The first kappa shape index (κ1) is 13.6. The Hall–Kier alpha value is -1.86. The molecule has 0 aliphatic heterocycles. The Morgan fingerprint density at radius 1 is 1.37 bits per heavy atom. The lowest BCUT2D eigenvalue weighted by Gasteiger charge is -2.10. The Bertz CT molecular complexity index is 677. The minimum absolute atomic E-state index is 0.0787. The summed E-state index contributed by atoms with van der Waals surface area (Å²) < 4.78 is 28.0. The molecule has 0 aliphatic carbocycles. The molecule has 0 saturated heterocycles. The van der Waals surface area contributed by atoms with E-state index in [-0.39, 0.29) is 5.03 Å². The summed E-state index contributed by atoms with van der Waals surface area (Å²) in [5.74, 6) is 0. The van der Waals surface area contributed by atoms with E-state index in [1.165, 1.54) is 16.9 Å². The van der Waals surface area contributed by atoms with Crippen LogP contribution in [0.15, 0.2) is 41.6 Å². The third-order valence-electron chi connectivity index (χ3n) is 2.67. The molecule has 7 heteroatoms. The van der Waals surface area contributed by atoms with E-state index in [4.69, 9.17) is 0 Å². The fourth-order valence-corrected chi connectivity index (χ4v) is 2.87. The van der Waals surface area contributed by atoms with Crippen molar-refractivity contribution in [1.29, 1.82) is 0 Å². The number of aryl methyl sites for hydroxylation is 1. The normalized spacial score (nSPS) is 13.2. The zero-order valence-corrected chi connectivity index (χ0v) is 11.4. The Morgan fingerprint density at radius 2 is 2.11 bits per heavy atom. The highest BCUT2D eigenvalue weighted by Gasteiger charge is 2.18. The van der Waals surface area contributed by atoms with Crippen LogP contribution in [-0.4, -0.2) is 23.3 Å². The van der Waals surface area contributed by atoms with E-state index in [1.54, 1.807) is 38.2 Å². The average Bonchev–Trinajstić information content (AvgIpc) is 2.76. The van der Waals surface area contributed by atoms with Crippen molar-refractivity contribution in [2.45, 2.75) is 18.1 Å². The standard InChI is InChI=1S/C12H15N3O3S/c1-9(16)10-4-3-5-11(8-10)14-19(17,18)12-6-7-13-15(12)2/h3-9,14,16H,1-2H3. The second-order valence-corrected chi connectivity index (χ2v) is 5.83. The van der Waals surface area contributed by atoms with Crippen molar-refractivity contribution in [3.8, 4) is 0 Å². The fraction of sp³-hybridized carbons (Fsp3) is 0.250. The number of rotatable bonds is 4. The van der Waals surface area contributed by atoms with Crippen molar-refractivity contribution in [1.82, 2.24) is 9.78 Å². The highest BCUT2D eigenvalue weighted by Crippen LogP contribution is 2.20. The van der Waals surface area contributed by atoms with Crippen molar-refractivity contribution in [3.05, 3.63) is 42.1 Å². The SMILES string of the molecule is CC(O)c1cccc(NS(=O)(=O)c2ccnn2C)c1. The monoisotopic (exact) mass is 281 g/mol. The number of aromatic nitrogens is 2. The summed E-state index contributed by atoms with van der Waals surface area (Å²) in [4.78, 5) is 0. The molecule has 2 N–H and O–H groups in total. The Balaban J connectivity index is 2.31. The van der Waals surface area contributed by atoms with Gasteiger partial charge in [-0.2, -0.15) is 13.5 Å². The van der Waals surface area contributed by atoms with Gasteiger partial charge in [-0.05, 0) is 30.7 Å². The second kappa shape index (κ2) is 5.02. The van der Waals surface area contributed by atoms with Gasteiger partial charge < -0.3 is 5.11 Å². The maximum atomic E-state index is 12.1. The molecule has 0 radical (unpaired) electrons. The molecule has 102 valence electrons. The molecule has 0 amide bonds. The molecule has 0 spiro atoms. The lowest BCUT2D eigenvalue weighted by atomic mass is 10.1. The summed E-state index contributed by atoms with van der Waals surface area (Å²) in [7, 11) is -2.12. The molecular weight excluding hydrogens is 266 g/mol. The number of hydrogen-bond donors (Lipinski definition) is 2. The van der Waals surface area contributed by atoms with Gasteiger partial charge in [-0.25, -0.2) is 0 Å². The maximum absolute atomic E-state index is 12.1. The third-order valence-corrected chi connectivity index (χ3v) is 4.13. The summed E-state index contributed by atoms with van der Waals surface area (Å²) in [6.07, 6.45) is 0.766. The second-order valence-electron chi connectivity index (χ2n) is 4.20. The molecule has 0 saturated carbocycles. The van der Waals surface area contributed by atoms with Gasteiger partial charge in [0.1, 0.15) is 0 Å². The number of nitrogens with one attached hydrogen (secondary N) is 1. The van der Waals surface area contributed by atoms with E-state index in [9.17, 15) is 13.5 Å². The molecule has 2 aromatic rings. The maximum Gasteiger partial charge on any atom is 0.279 e. The molecule has 19 heavy (non-hydrogen) atoms. The number of sulfonamides is 1. The minimum atomic E-state index is -3.67. The van der Waals surface area contributed by atoms with Crippen LogP contribution in [0.2, 0.25) is 0 Å². The first-order valence-electron chi connectivity index (χ1n) is 5.69. The van der Waals surface area contributed by atoms with Gasteiger partial charge in [-0.1, -0.05) is 12.1 Å². The predicted octanol–water partition coefficient (Wildman–Crippen LogP) is 1.27. The van der Waals surface area contributed by atoms with Gasteiger partial charge in [0.05, 0.1) is 12.3 Å². The molecule has 0 bridgehead atoms. The van der Waals surface area contributed by atoms with Gasteiger partial charge in [0.2, 0.25) is 0 Å². The van der Waals surface area contributed by atoms with Crippen LogP contribution in [0.5, 0.6) is 0 Å². The zero-order valence-electron chi connectivity index (χ0n) is 10.6. The molecule has 1 heterocycles. The average molecular weight is 281 g/mol. The van der Waals surface area contributed by atoms with Crippen molar-refractivity contribution in [3.63, 3.8) is 0 Å². The van der Waals surface area contributed by atoms with E-state index in [0.717, 1.165) is 0 Å². The quantitative estimate of drug-likeness (QED) is 0.884. The Morgan fingerprint density at radius 3 is 2.68 bits per heavy atom. The third kappa shape index (κ3) is 2.94. The molecule has 1 aromatic carbocycles. The lowest BCUT2D eigenvalue weighted by molar-refractivity contribution is 0.199. The predicted molar refractivity (Wildman–Crippen MR) is 71.1 cm³/mol. The molecule has 0 fully saturated rings. The number of aliphatic hydroxyl groups excluding tert-OH is 1. The van der Waals surface area contributed by atoms with Gasteiger partial charge in [0, 0.05) is 12.7 Å². The van der Waals surface area contributed by atoms with Crippen LogP contribution in [0.1, 0.15) is 18.6 Å². The lowest BCUT2D eigenvalue weighted by Crippen LogP contribution is -2.16. The Kier molecular flexibility index (Phi) is 3.59. The zero-order chi connectivity index (χ0) is 14.0. The van der Waals surface area contributed by atoms with Crippen molar-refractivity contribution >= 4 is 15.7 Å². The van der Waals surface area contributed by atoms with Crippen LogP contribution in [0, 0.1) is 0 Å². The van der Waals surface area contributed by atoms with Crippen molar-refractivity contribution in [2.24, 2.45) is 7.05 Å². The van der Waals surface area contributed by atoms with E-state index in [1.807, 2.05) is 0 Å². The van der Waals surface area contributed by atoms with Gasteiger partial charge in [-0.3, -0.25) is 9.40 Å². The number of anilines is 1. The van der Waals surface area contributed by atoms with E-state index in [2.05, 4.69) is 9.82 Å². The molecule has 6 nitrogen and oxygen atoms in total. The Labute approximate surface area is 111 Å². The summed E-state index contributed by atoms with van der Waals surface area (Å²) in [5, 5.41) is 13.4. The van der Waals surface area contributed by atoms with Crippen LogP contribution in [0.3, 0.4) is 0 Å². The fourth-order valence-electron chi connectivity index (χ4n) is 1.69. The first-order chi connectivity index (χ1) is 8.90. The van der Waals surface area contributed by atoms with E-state index in [0.29, 0.717) is 11.3 Å². The molecule has 0 aliphatic rings. The highest BCUT2D eigenvalue weighted by molar-refractivity contribution is 7.92. The van der Waals surface area contributed by atoms with Crippen molar-refractivity contribution < 1.29 is 13.5 Å². The summed E-state index contributed by atoms with van der Waals surface area (Å²) >= 11 is 0. The van der Waals surface area contributed by atoms with Gasteiger partial charge in [0.15, 0.2) is 5.03 Å². The first-order valence-corrected chi connectivity index (χ1v) is 7.17. The number of benzene rings is 1. The van der Waals surface area contributed by atoms with Crippen LogP contribution in [0.25, 0.3) is 0 Å². The number of aliphatic hydroxyl groups is 1. The molecule has 1 atom stereocenters. The summed E-state index contributed by atoms with van der Waals surface area (Å²) in [5.41, 5.74) is 1.05. The van der Waals surface area contributed by atoms with E-state index < -0.39 is 16.1 Å².